The van der Waals surface area contributed by atoms with E-state index in [1.54, 1.807) is 16.4 Å². The Kier molecular flexibility index (Phi) is 4.77. The van der Waals surface area contributed by atoms with Gasteiger partial charge >= 0.3 is 0 Å². The number of piperidine rings is 1. The first-order valence-electron chi connectivity index (χ1n) is 6.42. The van der Waals surface area contributed by atoms with Crippen molar-refractivity contribution in [3.8, 4) is 0 Å². The molecule has 4 nitrogen and oxygen atoms in total. The Morgan fingerprint density at radius 1 is 1.50 bits per heavy atom. The summed E-state index contributed by atoms with van der Waals surface area (Å²) in [6, 6.07) is 3.59. The molecule has 0 spiro atoms. The number of hydrogen-bond donors (Lipinski definition) is 1. The van der Waals surface area contributed by atoms with E-state index >= 15 is 0 Å². The van der Waals surface area contributed by atoms with Crippen LogP contribution in [0.5, 0.6) is 0 Å². The fourth-order valence-electron chi connectivity index (χ4n) is 2.33. The van der Waals surface area contributed by atoms with Crippen LogP contribution in [0.1, 0.15) is 26.2 Å². The molecule has 1 aliphatic rings. The lowest BCUT2D eigenvalue weighted by Gasteiger charge is -2.34. The summed E-state index contributed by atoms with van der Waals surface area (Å²) in [7, 11) is -3.29. The second-order valence-corrected chi connectivity index (χ2v) is 7.57. The van der Waals surface area contributed by atoms with E-state index in [1.165, 1.54) is 11.3 Å². The third kappa shape index (κ3) is 2.93. The van der Waals surface area contributed by atoms with E-state index in [-0.39, 0.29) is 6.04 Å². The quantitative estimate of drug-likeness (QED) is 0.900. The van der Waals surface area contributed by atoms with Crippen LogP contribution < -0.4 is 5.32 Å². The van der Waals surface area contributed by atoms with E-state index in [0.29, 0.717) is 10.8 Å². The summed E-state index contributed by atoms with van der Waals surface area (Å²) in [6.45, 7) is 4.32. The van der Waals surface area contributed by atoms with Gasteiger partial charge < -0.3 is 5.32 Å². The van der Waals surface area contributed by atoms with E-state index in [4.69, 9.17) is 0 Å². The summed E-state index contributed by atoms with van der Waals surface area (Å²) in [6.07, 6.45) is 3.04. The Morgan fingerprint density at radius 2 is 2.33 bits per heavy atom. The Labute approximate surface area is 113 Å². The van der Waals surface area contributed by atoms with Crippen molar-refractivity contribution < 1.29 is 8.42 Å². The predicted molar refractivity (Wildman–Crippen MR) is 74.4 cm³/mol. The average molecular weight is 288 g/mol. The smallest absolute Gasteiger partial charge is 0.252 e. The minimum Gasteiger partial charge on any atom is -0.315 e. The largest absolute Gasteiger partial charge is 0.315 e. The second kappa shape index (κ2) is 6.14. The van der Waals surface area contributed by atoms with Gasteiger partial charge in [0.2, 0.25) is 0 Å². The number of nitrogens with one attached hydrogen (secondary N) is 1. The highest BCUT2D eigenvalue weighted by Crippen LogP contribution is 2.27. The molecular formula is C12H20N2O2S2. The summed E-state index contributed by atoms with van der Waals surface area (Å²) in [5.41, 5.74) is 0. The highest BCUT2D eigenvalue weighted by molar-refractivity contribution is 7.91. The van der Waals surface area contributed by atoms with Gasteiger partial charge in [-0.25, -0.2) is 8.42 Å². The molecule has 1 atom stereocenters. The Hall–Kier alpha value is -0.430. The summed E-state index contributed by atoms with van der Waals surface area (Å²) < 4.78 is 27.2. The molecule has 102 valence electrons. The molecule has 6 heteroatoms. The van der Waals surface area contributed by atoms with Crippen molar-refractivity contribution in [1.82, 2.24) is 9.62 Å². The van der Waals surface area contributed by atoms with E-state index in [0.717, 1.165) is 32.4 Å². The molecule has 0 aliphatic carbocycles. The molecule has 1 fully saturated rings. The first kappa shape index (κ1) is 14.0. The Morgan fingerprint density at radius 3 is 3.00 bits per heavy atom. The lowest BCUT2D eigenvalue weighted by molar-refractivity contribution is 0.247. The molecular weight excluding hydrogens is 268 g/mol. The van der Waals surface area contributed by atoms with Gasteiger partial charge in [0.1, 0.15) is 4.21 Å². The second-order valence-electron chi connectivity index (χ2n) is 4.51. The van der Waals surface area contributed by atoms with Gasteiger partial charge in [0.05, 0.1) is 0 Å². The summed E-state index contributed by atoms with van der Waals surface area (Å²) in [5, 5.41) is 5.08. The van der Waals surface area contributed by atoms with Crippen LogP contribution >= 0.6 is 11.3 Å². The number of sulfonamides is 1. The van der Waals surface area contributed by atoms with Crippen molar-refractivity contribution in [3.05, 3.63) is 17.5 Å². The van der Waals surface area contributed by atoms with Gasteiger partial charge in [-0.05, 0) is 30.8 Å². The first-order valence-corrected chi connectivity index (χ1v) is 8.74. The molecule has 0 radical (unpaired) electrons. The van der Waals surface area contributed by atoms with Crippen molar-refractivity contribution >= 4 is 21.4 Å². The summed E-state index contributed by atoms with van der Waals surface area (Å²) >= 11 is 1.30. The van der Waals surface area contributed by atoms with Crippen molar-refractivity contribution in [1.29, 1.82) is 0 Å². The molecule has 2 heterocycles. The molecule has 0 saturated carbocycles. The van der Waals surface area contributed by atoms with Gasteiger partial charge in [-0.15, -0.1) is 11.3 Å². The molecule has 1 saturated heterocycles. The van der Waals surface area contributed by atoms with Gasteiger partial charge in [-0.3, -0.25) is 0 Å². The monoisotopic (exact) mass is 288 g/mol. The van der Waals surface area contributed by atoms with E-state index in [1.807, 2.05) is 12.3 Å². The normalized spacial score (nSPS) is 22.2. The molecule has 2 rings (SSSR count). The fraction of sp³-hybridized carbons (Fsp3) is 0.667. The highest BCUT2D eigenvalue weighted by atomic mass is 32.2. The minimum atomic E-state index is -3.29. The lowest BCUT2D eigenvalue weighted by Crippen LogP contribution is -2.48. The van der Waals surface area contributed by atoms with E-state index in [9.17, 15) is 8.42 Å². The van der Waals surface area contributed by atoms with Gasteiger partial charge in [0, 0.05) is 19.1 Å². The lowest BCUT2D eigenvalue weighted by atomic mass is 10.1. The summed E-state index contributed by atoms with van der Waals surface area (Å²) in [4.78, 5) is 0. The minimum absolute atomic E-state index is 0.103. The highest BCUT2D eigenvalue weighted by Gasteiger charge is 2.33. The van der Waals surface area contributed by atoms with Crippen LogP contribution in [0.4, 0.5) is 0 Å². The standard InChI is InChI=1S/C12H20N2O2S2/c1-2-13-10-11-6-3-4-8-14(11)18(15,16)12-7-5-9-17-12/h5,7,9,11,13H,2-4,6,8,10H2,1H3. The molecule has 0 aromatic carbocycles. The van der Waals surface area contributed by atoms with Crippen molar-refractivity contribution in [2.24, 2.45) is 0 Å². The Balaban J connectivity index is 2.18. The van der Waals surface area contributed by atoms with Gasteiger partial charge in [0.25, 0.3) is 10.0 Å². The molecule has 0 bridgehead atoms. The van der Waals surface area contributed by atoms with Gasteiger partial charge in [-0.1, -0.05) is 19.4 Å². The van der Waals surface area contributed by atoms with Crippen LogP contribution in [0.2, 0.25) is 0 Å². The zero-order chi connectivity index (χ0) is 13.0. The van der Waals surface area contributed by atoms with Crippen LogP contribution in [0, 0.1) is 0 Å². The number of nitrogens with zero attached hydrogens (tertiary/aromatic N) is 1. The van der Waals surface area contributed by atoms with Crippen molar-refractivity contribution in [3.63, 3.8) is 0 Å². The zero-order valence-electron chi connectivity index (χ0n) is 10.6. The van der Waals surface area contributed by atoms with E-state index in [2.05, 4.69) is 5.32 Å². The van der Waals surface area contributed by atoms with Gasteiger partial charge in [-0.2, -0.15) is 4.31 Å². The third-order valence-electron chi connectivity index (χ3n) is 3.26. The molecule has 1 aromatic heterocycles. The molecule has 18 heavy (non-hydrogen) atoms. The first-order chi connectivity index (χ1) is 8.66. The van der Waals surface area contributed by atoms with E-state index < -0.39 is 10.0 Å². The third-order valence-corrected chi connectivity index (χ3v) is 6.59. The van der Waals surface area contributed by atoms with Crippen LogP contribution in [0.25, 0.3) is 0 Å². The Bertz CT molecular complexity index is 456. The van der Waals surface area contributed by atoms with Gasteiger partial charge in [0.15, 0.2) is 0 Å². The van der Waals surface area contributed by atoms with Crippen molar-refractivity contribution in [2.45, 2.75) is 36.4 Å². The van der Waals surface area contributed by atoms with Crippen molar-refractivity contribution in [2.75, 3.05) is 19.6 Å². The van der Waals surface area contributed by atoms with Crippen LogP contribution in [0.3, 0.4) is 0 Å². The number of thiophene rings is 1. The topological polar surface area (TPSA) is 49.4 Å². The number of rotatable bonds is 5. The molecule has 1 N–H and O–H groups in total. The molecule has 1 unspecified atom stereocenters. The average Bonchev–Trinajstić information content (AvgIpc) is 2.91. The molecule has 1 aliphatic heterocycles. The van der Waals surface area contributed by atoms with Crippen LogP contribution in [0.15, 0.2) is 21.7 Å². The predicted octanol–water partition coefficient (Wildman–Crippen LogP) is 1.90. The maximum atomic E-state index is 12.5. The maximum absolute atomic E-state index is 12.5. The summed E-state index contributed by atoms with van der Waals surface area (Å²) in [5.74, 6) is 0. The zero-order valence-corrected chi connectivity index (χ0v) is 12.3. The number of likely N-dealkylation sites (N-methyl/N-ethyl adjacent to an activating group) is 1. The fourth-order valence-corrected chi connectivity index (χ4v) is 5.14. The SMILES string of the molecule is CCNCC1CCCCN1S(=O)(=O)c1cccs1. The number of hydrogen-bond acceptors (Lipinski definition) is 4. The van der Waals surface area contributed by atoms with Crippen LogP contribution in [-0.2, 0) is 10.0 Å². The molecule has 1 aromatic rings. The molecule has 0 amide bonds. The van der Waals surface area contributed by atoms with Crippen LogP contribution in [-0.4, -0.2) is 38.4 Å². The maximum Gasteiger partial charge on any atom is 0.252 e.